The Morgan fingerprint density at radius 3 is 2.45 bits per heavy atom. The van der Waals surface area contributed by atoms with E-state index < -0.39 is 5.54 Å². The van der Waals surface area contributed by atoms with Gasteiger partial charge in [-0.15, -0.1) is 0 Å². The van der Waals surface area contributed by atoms with Crippen LogP contribution in [0, 0.1) is 5.82 Å². The zero-order valence-electron chi connectivity index (χ0n) is 12.1. The molecule has 0 aliphatic rings. The second-order valence-electron chi connectivity index (χ2n) is 5.38. The smallest absolute Gasteiger partial charge is 0.125 e. The SMILES string of the molecule is CC(C)Oc1ccccc1C(C)(N)c1cccc(F)c1. The van der Waals surface area contributed by atoms with Crippen molar-refractivity contribution in [3.05, 3.63) is 65.5 Å². The van der Waals surface area contributed by atoms with Crippen molar-refractivity contribution < 1.29 is 9.13 Å². The van der Waals surface area contributed by atoms with E-state index in [4.69, 9.17) is 10.5 Å². The molecule has 0 saturated heterocycles. The monoisotopic (exact) mass is 273 g/mol. The lowest BCUT2D eigenvalue weighted by Gasteiger charge is -2.28. The van der Waals surface area contributed by atoms with Crippen molar-refractivity contribution in [2.45, 2.75) is 32.4 Å². The van der Waals surface area contributed by atoms with Crippen LogP contribution in [0.2, 0.25) is 0 Å². The van der Waals surface area contributed by atoms with Crippen LogP contribution in [0.4, 0.5) is 4.39 Å². The molecule has 2 N–H and O–H groups in total. The first-order valence-corrected chi connectivity index (χ1v) is 6.72. The summed E-state index contributed by atoms with van der Waals surface area (Å²) < 4.78 is 19.2. The van der Waals surface area contributed by atoms with Gasteiger partial charge >= 0.3 is 0 Å². The molecule has 1 unspecified atom stereocenters. The van der Waals surface area contributed by atoms with Crippen LogP contribution < -0.4 is 10.5 Å². The first-order valence-electron chi connectivity index (χ1n) is 6.72. The van der Waals surface area contributed by atoms with Gasteiger partial charge in [0.05, 0.1) is 11.6 Å². The number of rotatable bonds is 4. The molecule has 2 rings (SSSR count). The van der Waals surface area contributed by atoms with Gasteiger partial charge in [-0.3, -0.25) is 0 Å². The van der Waals surface area contributed by atoms with E-state index in [1.54, 1.807) is 6.07 Å². The van der Waals surface area contributed by atoms with Gasteiger partial charge in [-0.05, 0) is 44.5 Å². The molecule has 3 heteroatoms. The minimum atomic E-state index is -0.812. The highest BCUT2D eigenvalue weighted by molar-refractivity contribution is 5.45. The molecule has 20 heavy (non-hydrogen) atoms. The average Bonchev–Trinajstić information content (AvgIpc) is 2.38. The maximum atomic E-state index is 13.4. The van der Waals surface area contributed by atoms with E-state index in [0.717, 1.165) is 16.9 Å². The van der Waals surface area contributed by atoms with Gasteiger partial charge in [-0.2, -0.15) is 0 Å². The highest BCUT2D eigenvalue weighted by atomic mass is 19.1. The average molecular weight is 273 g/mol. The van der Waals surface area contributed by atoms with E-state index in [1.807, 2.05) is 51.1 Å². The van der Waals surface area contributed by atoms with E-state index in [0.29, 0.717) is 0 Å². The largest absolute Gasteiger partial charge is 0.491 e. The Bertz CT molecular complexity index is 593. The topological polar surface area (TPSA) is 35.2 Å². The summed E-state index contributed by atoms with van der Waals surface area (Å²) in [7, 11) is 0. The Hall–Kier alpha value is -1.87. The molecular weight excluding hydrogens is 253 g/mol. The zero-order valence-corrected chi connectivity index (χ0v) is 12.1. The predicted molar refractivity (Wildman–Crippen MR) is 79.2 cm³/mol. The molecule has 0 aromatic heterocycles. The molecule has 0 heterocycles. The Balaban J connectivity index is 2.48. The molecule has 0 amide bonds. The molecule has 0 fully saturated rings. The molecule has 0 radical (unpaired) electrons. The van der Waals surface area contributed by atoms with Crippen molar-refractivity contribution in [2.75, 3.05) is 0 Å². The second kappa shape index (κ2) is 5.63. The highest BCUT2D eigenvalue weighted by Crippen LogP contribution is 2.34. The maximum Gasteiger partial charge on any atom is 0.125 e. The summed E-state index contributed by atoms with van der Waals surface area (Å²) in [5.74, 6) is 0.443. The van der Waals surface area contributed by atoms with Gasteiger partial charge in [0.1, 0.15) is 11.6 Å². The van der Waals surface area contributed by atoms with Gasteiger partial charge in [0.15, 0.2) is 0 Å². The third kappa shape index (κ3) is 2.99. The summed E-state index contributed by atoms with van der Waals surface area (Å²) in [6.45, 7) is 5.80. The van der Waals surface area contributed by atoms with Crippen molar-refractivity contribution in [3.63, 3.8) is 0 Å². The van der Waals surface area contributed by atoms with Gasteiger partial charge in [0.2, 0.25) is 0 Å². The Morgan fingerprint density at radius 2 is 1.80 bits per heavy atom. The number of nitrogens with two attached hydrogens (primary N) is 1. The minimum absolute atomic E-state index is 0.0551. The minimum Gasteiger partial charge on any atom is -0.491 e. The van der Waals surface area contributed by atoms with Crippen molar-refractivity contribution in [3.8, 4) is 5.75 Å². The quantitative estimate of drug-likeness (QED) is 0.918. The van der Waals surface area contributed by atoms with Crippen LogP contribution in [0.1, 0.15) is 31.9 Å². The van der Waals surface area contributed by atoms with Crippen LogP contribution in [0.3, 0.4) is 0 Å². The zero-order chi connectivity index (χ0) is 14.8. The summed E-state index contributed by atoms with van der Waals surface area (Å²) >= 11 is 0. The number of hydrogen-bond donors (Lipinski definition) is 1. The van der Waals surface area contributed by atoms with E-state index in [9.17, 15) is 4.39 Å². The highest BCUT2D eigenvalue weighted by Gasteiger charge is 2.27. The van der Waals surface area contributed by atoms with Gasteiger partial charge in [0.25, 0.3) is 0 Å². The van der Waals surface area contributed by atoms with Crippen molar-refractivity contribution >= 4 is 0 Å². The fourth-order valence-corrected chi connectivity index (χ4v) is 2.22. The van der Waals surface area contributed by atoms with Crippen molar-refractivity contribution in [1.82, 2.24) is 0 Å². The summed E-state index contributed by atoms with van der Waals surface area (Å²) in [6, 6.07) is 14.0. The first-order chi connectivity index (χ1) is 9.41. The molecule has 0 bridgehead atoms. The lowest BCUT2D eigenvalue weighted by atomic mass is 9.85. The van der Waals surface area contributed by atoms with E-state index in [-0.39, 0.29) is 11.9 Å². The van der Waals surface area contributed by atoms with Crippen molar-refractivity contribution in [2.24, 2.45) is 5.73 Å². The molecular formula is C17H20FNO. The molecule has 2 nitrogen and oxygen atoms in total. The Morgan fingerprint density at radius 1 is 1.10 bits per heavy atom. The molecule has 0 aliphatic carbocycles. The summed E-state index contributed by atoms with van der Waals surface area (Å²) in [5.41, 5.74) is 7.21. The Labute approximate surface area is 119 Å². The predicted octanol–water partition coefficient (Wildman–Crippen LogP) is 3.84. The number of hydrogen-bond acceptors (Lipinski definition) is 2. The molecule has 106 valence electrons. The van der Waals surface area contributed by atoms with Gasteiger partial charge in [0, 0.05) is 5.56 Å². The summed E-state index contributed by atoms with van der Waals surface area (Å²) in [4.78, 5) is 0. The fourth-order valence-electron chi connectivity index (χ4n) is 2.22. The number of halogens is 1. The number of para-hydroxylation sites is 1. The van der Waals surface area contributed by atoms with Crippen LogP contribution in [-0.4, -0.2) is 6.10 Å². The van der Waals surface area contributed by atoms with Crippen molar-refractivity contribution in [1.29, 1.82) is 0 Å². The standard InChI is InChI=1S/C17H20FNO/c1-12(2)20-16-10-5-4-9-15(16)17(3,19)13-7-6-8-14(18)11-13/h4-12H,19H2,1-3H3. The molecule has 1 atom stereocenters. The lowest BCUT2D eigenvalue weighted by molar-refractivity contribution is 0.237. The van der Waals surface area contributed by atoms with E-state index in [2.05, 4.69) is 0 Å². The van der Waals surface area contributed by atoms with E-state index in [1.165, 1.54) is 12.1 Å². The van der Waals surface area contributed by atoms with Crippen LogP contribution in [0.5, 0.6) is 5.75 Å². The van der Waals surface area contributed by atoms with Crippen LogP contribution in [-0.2, 0) is 5.54 Å². The molecule has 2 aromatic rings. The van der Waals surface area contributed by atoms with Gasteiger partial charge < -0.3 is 10.5 Å². The number of benzene rings is 2. The van der Waals surface area contributed by atoms with Crippen LogP contribution in [0.15, 0.2) is 48.5 Å². The molecule has 2 aromatic carbocycles. The molecule has 0 saturated carbocycles. The number of ether oxygens (including phenoxy) is 1. The molecule has 0 aliphatic heterocycles. The van der Waals surface area contributed by atoms with Gasteiger partial charge in [-0.25, -0.2) is 4.39 Å². The third-order valence-electron chi connectivity index (χ3n) is 3.23. The normalized spacial score (nSPS) is 14.1. The molecule has 0 spiro atoms. The lowest BCUT2D eigenvalue weighted by Crippen LogP contribution is -2.35. The third-order valence-corrected chi connectivity index (χ3v) is 3.23. The Kier molecular flexibility index (Phi) is 4.09. The second-order valence-corrected chi connectivity index (χ2v) is 5.38. The van der Waals surface area contributed by atoms with Crippen LogP contribution >= 0.6 is 0 Å². The summed E-state index contributed by atoms with van der Waals surface area (Å²) in [5, 5.41) is 0. The first kappa shape index (κ1) is 14.5. The van der Waals surface area contributed by atoms with E-state index >= 15 is 0 Å². The summed E-state index contributed by atoms with van der Waals surface area (Å²) in [6.07, 6.45) is 0.0551. The fraction of sp³-hybridized carbons (Fsp3) is 0.294. The van der Waals surface area contributed by atoms with Crippen LogP contribution in [0.25, 0.3) is 0 Å². The van der Waals surface area contributed by atoms with Gasteiger partial charge in [-0.1, -0.05) is 30.3 Å². The maximum absolute atomic E-state index is 13.4.